The van der Waals surface area contributed by atoms with E-state index in [1.54, 1.807) is 6.92 Å². The van der Waals surface area contributed by atoms with Crippen molar-refractivity contribution >= 4 is 23.5 Å². The van der Waals surface area contributed by atoms with Gasteiger partial charge in [-0.15, -0.1) is 0 Å². The van der Waals surface area contributed by atoms with Gasteiger partial charge in [0.25, 0.3) is 0 Å². The zero-order chi connectivity index (χ0) is 24.9. The van der Waals surface area contributed by atoms with Crippen molar-refractivity contribution in [2.75, 3.05) is 19.7 Å². The van der Waals surface area contributed by atoms with E-state index >= 15 is 0 Å². The van der Waals surface area contributed by atoms with Crippen LogP contribution in [-0.4, -0.2) is 71.8 Å². The first kappa shape index (κ1) is 25.8. The number of Topliss-reactive ketones (excluding diaryl/α,β-unsaturated/α-hetero) is 1. The molecule has 3 amide bonds. The first-order valence-electron chi connectivity index (χ1n) is 12.0. The fourth-order valence-corrected chi connectivity index (χ4v) is 4.38. The van der Waals surface area contributed by atoms with Gasteiger partial charge in [-0.05, 0) is 37.7 Å². The molecule has 9 nitrogen and oxygen atoms in total. The highest BCUT2D eigenvalue weighted by atomic mass is 16.6. The summed E-state index contributed by atoms with van der Waals surface area (Å²) >= 11 is 0. The molecule has 0 saturated carbocycles. The Hall–Kier alpha value is -2.78. The normalized spacial score (nSPS) is 23.3. The summed E-state index contributed by atoms with van der Waals surface area (Å²) in [5.41, 5.74) is 5.51. The van der Waals surface area contributed by atoms with Gasteiger partial charge < -0.3 is 26.0 Å². The lowest BCUT2D eigenvalue weighted by molar-refractivity contribution is -0.139. The molecular weight excluding hydrogens is 436 g/mol. The minimum Gasteiger partial charge on any atom is -0.361 e. The maximum Gasteiger partial charge on any atom is 0.243 e. The Bertz CT molecular complexity index is 900. The number of rotatable bonds is 11. The summed E-state index contributed by atoms with van der Waals surface area (Å²) in [6.45, 7) is 6.32. The van der Waals surface area contributed by atoms with Gasteiger partial charge in [0.1, 0.15) is 17.7 Å². The quantitative estimate of drug-likeness (QED) is 0.403. The molecule has 2 fully saturated rings. The lowest BCUT2D eigenvalue weighted by Crippen LogP contribution is -2.57. The Morgan fingerprint density at radius 2 is 1.82 bits per heavy atom. The molecule has 2 aliphatic rings. The Morgan fingerprint density at radius 3 is 2.41 bits per heavy atom. The lowest BCUT2D eigenvalue weighted by atomic mass is 9.93. The number of amides is 3. The second-order valence-electron chi connectivity index (χ2n) is 9.77. The molecule has 4 atom stereocenters. The van der Waals surface area contributed by atoms with Crippen molar-refractivity contribution in [3.8, 4) is 0 Å². The molecule has 1 aromatic rings. The van der Waals surface area contributed by atoms with E-state index in [0.29, 0.717) is 32.4 Å². The van der Waals surface area contributed by atoms with Crippen LogP contribution in [0.5, 0.6) is 0 Å². The summed E-state index contributed by atoms with van der Waals surface area (Å²) in [6.07, 6.45) is 1.94. The number of nitrogens with two attached hydrogens (primary N) is 1. The molecule has 3 rings (SSSR count). The van der Waals surface area contributed by atoms with Crippen LogP contribution >= 0.6 is 0 Å². The highest BCUT2D eigenvalue weighted by Gasteiger charge is 2.50. The fraction of sp³-hybridized carbons (Fsp3) is 0.600. The molecule has 0 aliphatic carbocycles. The van der Waals surface area contributed by atoms with E-state index in [9.17, 15) is 19.2 Å². The van der Waals surface area contributed by atoms with E-state index in [-0.39, 0.29) is 36.5 Å². The minimum absolute atomic E-state index is 0.158. The molecular formula is C25H36N4O5. The smallest absolute Gasteiger partial charge is 0.243 e. The van der Waals surface area contributed by atoms with E-state index in [0.717, 1.165) is 5.56 Å². The topological polar surface area (TPSA) is 134 Å². The molecule has 2 heterocycles. The van der Waals surface area contributed by atoms with Crippen LogP contribution in [0.1, 0.15) is 45.6 Å². The van der Waals surface area contributed by atoms with E-state index in [4.69, 9.17) is 10.5 Å². The molecule has 34 heavy (non-hydrogen) atoms. The number of hydrogen-bond donors (Lipinski definition) is 3. The van der Waals surface area contributed by atoms with Crippen molar-refractivity contribution in [1.82, 2.24) is 15.5 Å². The number of ether oxygens (including phenoxy) is 1. The van der Waals surface area contributed by atoms with Gasteiger partial charge >= 0.3 is 0 Å². The molecule has 0 spiro atoms. The van der Waals surface area contributed by atoms with Crippen LogP contribution in [0.25, 0.3) is 0 Å². The molecule has 9 heteroatoms. The molecule has 1 unspecified atom stereocenters. The van der Waals surface area contributed by atoms with E-state index < -0.39 is 29.6 Å². The number of likely N-dealkylation sites (tertiary alicyclic amines) is 1. The highest BCUT2D eigenvalue weighted by Crippen LogP contribution is 2.29. The van der Waals surface area contributed by atoms with E-state index in [2.05, 4.69) is 10.6 Å². The summed E-state index contributed by atoms with van der Waals surface area (Å²) < 4.78 is 5.32. The van der Waals surface area contributed by atoms with Gasteiger partial charge in [-0.25, -0.2) is 0 Å². The molecule has 0 radical (unpaired) electrons. The first-order valence-corrected chi connectivity index (χ1v) is 12.0. The van der Waals surface area contributed by atoms with E-state index in [1.807, 2.05) is 44.2 Å². The average molecular weight is 473 g/mol. The highest BCUT2D eigenvalue weighted by molar-refractivity contribution is 5.98. The van der Waals surface area contributed by atoms with Gasteiger partial charge in [0.05, 0.1) is 19.2 Å². The second kappa shape index (κ2) is 11.1. The molecule has 2 aliphatic heterocycles. The molecule has 1 aromatic carbocycles. The van der Waals surface area contributed by atoms with Crippen LogP contribution in [0.15, 0.2) is 30.3 Å². The van der Waals surface area contributed by atoms with Crippen molar-refractivity contribution in [2.45, 2.75) is 70.2 Å². The maximum atomic E-state index is 13.4. The summed E-state index contributed by atoms with van der Waals surface area (Å²) in [4.78, 5) is 53.1. The minimum atomic E-state index is -0.902. The van der Waals surface area contributed by atoms with Crippen LogP contribution in [0.4, 0.5) is 0 Å². The Balaban J connectivity index is 1.77. The summed E-state index contributed by atoms with van der Waals surface area (Å²) in [7, 11) is 0. The predicted octanol–water partition coefficient (Wildman–Crippen LogP) is 0.553. The number of nitrogens with one attached hydrogen (secondary N) is 2. The Labute approximate surface area is 200 Å². The van der Waals surface area contributed by atoms with Gasteiger partial charge in [0, 0.05) is 13.0 Å². The van der Waals surface area contributed by atoms with Crippen LogP contribution in [0, 0.1) is 5.92 Å². The molecule has 2 saturated heterocycles. The van der Waals surface area contributed by atoms with Crippen LogP contribution in [0.3, 0.4) is 0 Å². The summed E-state index contributed by atoms with van der Waals surface area (Å²) in [5.74, 6) is -1.10. The third-order valence-corrected chi connectivity index (χ3v) is 6.40. The van der Waals surface area contributed by atoms with Crippen molar-refractivity contribution in [3.63, 3.8) is 0 Å². The van der Waals surface area contributed by atoms with Crippen LogP contribution < -0.4 is 16.4 Å². The van der Waals surface area contributed by atoms with Crippen LogP contribution in [0.2, 0.25) is 0 Å². The number of ketones is 1. The Kier molecular flexibility index (Phi) is 8.43. The van der Waals surface area contributed by atoms with Gasteiger partial charge in [-0.1, -0.05) is 44.2 Å². The van der Waals surface area contributed by atoms with Gasteiger partial charge in [0.15, 0.2) is 5.78 Å². The largest absolute Gasteiger partial charge is 0.361 e. The average Bonchev–Trinajstić information content (AvgIpc) is 3.37. The number of carbonyl (C=O) groups is 4. The number of nitrogens with zero attached hydrogens (tertiary/aromatic N) is 1. The zero-order valence-electron chi connectivity index (χ0n) is 20.2. The molecule has 4 N–H and O–H groups in total. The lowest BCUT2D eigenvalue weighted by Gasteiger charge is -2.28. The third kappa shape index (κ3) is 6.42. The van der Waals surface area contributed by atoms with Gasteiger partial charge in [0.2, 0.25) is 17.7 Å². The van der Waals surface area contributed by atoms with Crippen molar-refractivity contribution in [2.24, 2.45) is 11.7 Å². The number of benzene rings is 1. The standard InChI is InChI=1S/C25H36N4O5/c1-16(2)12-18(22(31)25(3)15-34-25)27-23(32)19(13-17-8-5-4-6-9-17)28-24(33)20-10-7-11-29(20)21(30)14-26/h4-6,8-9,16,18-20H,7,10-15,26H2,1-3H3,(H,27,32)(H,28,33)/t18?,19-,20-,25+/m0/s1. The fourth-order valence-electron chi connectivity index (χ4n) is 4.38. The molecule has 186 valence electrons. The van der Waals surface area contributed by atoms with Gasteiger partial charge in [-0.2, -0.15) is 0 Å². The predicted molar refractivity (Wildman–Crippen MR) is 127 cm³/mol. The maximum absolute atomic E-state index is 13.4. The number of hydrogen-bond acceptors (Lipinski definition) is 6. The number of carbonyl (C=O) groups excluding carboxylic acids is 4. The Morgan fingerprint density at radius 1 is 1.15 bits per heavy atom. The second-order valence-corrected chi connectivity index (χ2v) is 9.77. The van der Waals surface area contributed by atoms with E-state index in [1.165, 1.54) is 4.90 Å². The van der Waals surface area contributed by atoms with Crippen molar-refractivity contribution in [1.29, 1.82) is 0 Å². The number of epoxide rings is 1. The zero-order valence-corrected chi connectivity index (χ0v) is 20.2. The monoisotopic (exact) mass is 472 g/mol. The SMILES string of the molecule is CC(C)CC(NC(=O)[C@H](Cc1ccccc1)NC(=O)[C@@H]1CCCN1C(=O)CN)C(=O)[C@@]1(C)CO1. The van der Waals surface area contributed by atoms with Gasteiger partial charge in [-0.3, -0.25) is 19.2 Å². The van der Waals surface area contributed by atoms with Crippen LogP contribution in [-0.2, 0) is 30.3 Å². The molecule has 0 aromatic heterocycles. The summed E-state index contributed by atoms with van der Waals surface area (Å²) in [5, 5.41) is 5.71. The summed E-state index contributed by atoms with van der Waals surface area (Å²) in [6, 6.07) is 7.08. The van der Waals surface area contributed by atoms with Crippen molar-refractivity contribution in [3.05, 3.63) is 35.9 Å². The van der Waals surface area contributed by atoms with Crippen molar-refractivity contribution < 1.29 is 23.9 Å². The molecule has 0 bridgehead atoms. The third-order valence-electron chi connectivity index (χ3n) is 6.40. The first-order chi connectivity index (χ1) is 16.1.